The number of rotatable bonds is 5. The molecule has 96 valence electrons. The Hall–Kier alpha value is -0.380. The van der Waals surface area contributed by atoms with Gasteiger partial charge in [0.1, 0.15) is 0 Å². The first-order valence-electron chi connectivity index (χ1n) is 6.66. The molecule has 1 aromatic heterocycles. The van der Waals surface area contributed by atoms with Gasteiger partial charge >= 0.3 is 0 Å². The Labute approximate surface area is 109 Å². The average molecular weight is 252 g/mol. The van der Waals surface area contributed by atoms with Crippen molar-refractivity contribution in [1.29, 1.82) is 0 Å². The van der Waals surface area contributed by atoms with Crippen LogP contribution in [0.15, 0.2) is 17.5 Å². The van der Waals surface area contributed by atoms with Crippen molar-refractivity contribution < 1.29 is 0 Å². The van der Waals surface area contributed by atoms with E-state index in [9.17, 15) is 0 Å². The number of nitrogens with one attached hydrogen (secondary N) is 1. The highest BCUT2D eigenvalue weighted by Gasteiger charge is 2.31. The van der Waals surface area contributed by atoms with Gasteiger partial charge in [-0.05, 0) is 56.3 Å². The Balaban J connectivity index is 1.89. The molecule has 0 saturated carbocycles. The van der Waals surface area contributed by atoms with Crippen molar-refractivity contribution in [2.45, 2.75) is 32.7 Å². The third kappa shape index (κ3) is 3.54. The monoisotopic (exact) mass is 252 g/mol. The second kappa shape index (κ2) is 5.98. The summed E-state index contributed by atoms with van der Waals surface area (Å²) in [6, 6.07) is 4.39. The summed E-state index contributed by atoms with van der Waals surface area (Å²) in [5.41, 5.74) is 0.553. The van der Waals surface area contributed by atoms with E-state index in [1.807, 2.05) is 11.3 Å². The summed E-state index contributed by atoms with van der Waals surface area (Å²) >= 11 is 1.87. The highest BCUT2D eigenvalue weighted by molar-refractivity contribution is 7.09. The van der Waals surface area contributed by atoms with Gasteiger partial charge in [0.25, 0.3) is 0 Å². The van der Waals surface area contributed by atoms with E-state index in [-0.39, 0.29) is 0 Å². The smallest absolute Gasteiger partial charge is 0.0325 e. The van der Waals surface area contributed by atoms with Gasteiger partial charge in [-0.1, -0.05) is 13.0 Å². The first-order chi connectivity index (χ1) is 8.24. The lowest BCUT2D eigenvalue weighted by Gasteiger charge is -2.39. The molecule has 2 nitrogen and oxygen atoms in total. The molecule has 17 heavy (non-hydrogen) atoms. The third-order valence-electron chi connectivity index (χ3n) is 4.03. The lowest BCUT2D eigenvalue weighted by atomic mass is 9.76. The zero-order chi connectivity index (χ0) is 12.1. The van der Waals surface area contributed by atoms with Crippen molar-refractivity contribution in [3.05, 3.63) is 22.4 Å². The third-order valence-corrected chi connectivity index (χ3v) is 4.89. The van der Waals surface area contributed by atoms with E-state index < -0.39 is 0 Å². The Kier molecular flexibility index (Phi) is 4.60. The molecule has 3 heteroatoms. The quantitative estimate of drug-likeness (QED) is 0.867. The van der Waals surface area contributed by atoms with Crippen LogP contribution in [0.5, 0.6) is 0 Å². The fraction of sp³-hybridized carbons (Fsp3) is 0.714. The zero-order valence-corrected chi connectivity index (χ0v) is 11.9. The maximum Gasteiger partial charge on any atom is 0.0325 e. The Bertz CT molecular complexity index is 315. The first kappa shape index (κ1) is 13.1. The molecule has 0 aliphatic carbocycles. The van der Waals surface area contributed by atoms with Crippen LogP contribution in [0.3, 0.4) is 0 Å². The summed E-state index contributed by atoms with van der Waals surface area (Å²) < 4.78 is 0. The second-order valence-corrected chi connectivity index (χ2v) is 6.39. The number of piperidine rings is 1. The molecule has 1 saturated heterocycles. The number of nitrogens with zero attached hydrogens (tertiary/aromatic N) is 1. The van der Waals surface area contributed by atoms with E-state index in [2.05, 4.69) is 41.7 Å². The summed E-state index contributed by atoms with van der Waals surface area (Å²) in [5.74, 6) is 0. The van der Waals surface area contributed by atoms with Crippen LogP contribution < -0.4 is 5.32 Å². The molecule has 1 aliphatic heterocycles. The normalized spacial score (nSPS) is 19.7. The summed E-state index contributed by atoms with van der Waals surface area (Å²) in [4.78, 5) is 3.98. The molecule has 0 amide bonds. The molecular weight excluding hydrogens is 228 g/mol. The average Bonchev–Trinajstić information content (AvgIpc) is 2.83. The highest BCUT2D eigenvalue weighted by Crippen LogP contribution is 2.33. The second-order valence-electron chi connectivity index (χ2n) is 5.36. The van der Waals surface area contributed by atoms with Crippen molar-refractivity contribution in [3.63, 3.8) is 0 Å². The lowest BCUT2D eigenvalue weighted by Crippen LogP contribution is -2.43. The minimum absolute atomic E-state index is 0.553. The maximum atomic E-state index is 3.48. The molecule has 1 N–H and O–H groups in total. The van der Waals surface area contributed by atoms with Crippen LogP contribution in [0, 0.1) is 5.41 Å². The number of hydrogen-bond acceptors (Lipinski definition) is 3. The first-order valence-corrected chi connectivity index (χ1v) is 7.54. The van der Waals surface area contributed by atoms with E-state index in [0.717, 1.165) is 6.54 Å². The molecule has 0 bridgehead atoms. The van der Waals surface area contributed by atoms with Crippen molar-refractivity contribution in [2.75, 3.05) is 26.7 Å². The SMILES string of the molecule is CCC1(CN(C)Cc2cccs2)CCNCC1. The van der Waals surface area contributed by atoms with Gasteiger partial charge in [-0.15, -0.1) is 11.3 Å². The van der Waals surface area contributed by atoms with Crippen LogP contribution in [0.25, 0.3) is 0 Å². The van der Waals surface area contributed by atoms with Gasteiger partial charge in [-0.3, -0.25) is 0 Å². The molecule has 0 atom stereocenters. The Morgan fingerprint density at radius 2 is 2.18 bits per heavy atom. The largest absolute Gasteiger partial charge is 0.317 e. The Morgan fingerprint density at radius 3 is 2.76 bits per heavy atom. The minimum atomic E-state index is 0.553. The van der Waals surface area contributed by atoms with Gasteiger partial charge in [0, 0.05) is 18.0 Å². The van der Waals surface area contributed by atoms with Crippen LogP contribution in [-0.4, -0.2) is 31.6 Å². The number of thiophene rings is 1. The van der Waals surface area contributed by atoms with Crippen LogP contribution >= 0.6 is 11.3 Å². The zero-order valence-electron chi connectivity index (χ0n) is 11.0. The minimum Gasteiger partial charge on any atom is -0.317 e. The molecule has 0 radical (unpaired) electrons. The van der Waals surface area contributed by atoms with E-state index in [1.165, 1.54) is 43.8 Å². The molecular formula is C14H24N2S. The van der Waals surface area contributed by atoms with Gasteiger partial charge in [-0.2, -0.15) is 0 Å². The van der Waals surface area contributed by atoms with Crippen molar-refractivity contribution in [3.8, 4) is 0 Å². The standard InChI is InChI=1S/C14H24N2S/c1-3-14(6-8-15-9-7-14)12-16(2)11-13-5-4-10-17-13/h4-5,10,15H,3,6-9,11-12H2,1-2H3. The predicted octanol–water partition coefficient (Wildman–Crippen LogP) is 2.96. The van der Waals surface area contributed by atoms with Crippen molar-refractivity contribution >= 4 is 11.3 Å². The van der Waals surface area contributed by atoms with Crippen LogP contribution in [0.4, 0.5) is 0 Å². The summed E-state index contributed by atoms with van der Waals surface area (Å²) in [5, 5.41) is 5.65. The molecule has 0 spiro atoms. The van der Waals surface area contributed by atoms with Crippen molar-refractivity contribution in [2.24, 2.45) is 5.41 Å². The molecule has 0 unspecified atom stereocenters. The van der Waals surface area contributed by atoms with Gasteiger partial charge < -0.3 is 10.2 Å². The summed E-state index contributed by atoms with van der Waals surface area (Å²) in [6.07, 6.45) is 3.97. The van der Waals surface area contributed by atoms with E-state index >= 15 is 0 Å². The van der Waals surface area contributed by atoms with Crippen LogP contribution in [0.1, 0.15) is 31.1 Å². The number of hydrogen-bond donors (Lipinski definition) is 1. The molecule has 1 fully saturated rings. The molecule has 2 rings (SSSR count). The topological polar surface area (TPSA) is 15.3 Å². The Morgan fingerprint density at radius 1 is 1.41 bits per heavy atom. The van der Waals surface area contributed by atoms with E-state index in [4.69, 9.17) is 0 Å². The van der Waals surface area contributed by atoms with Crippen LogP contribution in [0.2, 0.25) is 0 Å². The molecule has 1 aliphatic rings. The van der Waals surface area contributed by atoms with E-state index in [1.54, 1.807) is 0 Å². The summed E-state index contributed by atoms with van der Waals surface area (Å²) in [6.45, 7) is 7.08. The fourth-order valence-electron chi connectivity index (χ4n) is 2.88. The fourth-order valence-corrected chi connectivity index (χ4v) is 3.66. The highest BCUT2D eigenvalue weighted by atomic mass is 32.1. The van der Waals surface area contributed by atoms with Crippen molar-refractivity contribution in [1.82, 2.24) is 10.2 Å². The maximum absolute atomic E-state index is 3.48. The molecule has 0 aromatic carbocycles. The molecule has 1 aromatic rings. The summed E-state index contributed by atoms with van der Waals surface area (Å²) in [7, 11) is 2.26. The van der Waals surface area contributed by atoms with Gasteiger partial charge in [0.05, 0.1) is 0 Å². The van der Waals surface area contributed by atoms with Crippen LogP contribution in [-0.2, 0) is 6.54 Å². The van der Waals surface area contributed by atoms with Gasteiger partial charge in [0.15, 0.2) is 0 Å². The van der Waals surface area contributed by atoms with E-state index in [0.29, 0.717) is 5.41 Å². The van der Waals surface area contributed by atoms with Gasteiger partial charge in [-0.25, -0.2) is 0 Å². The predicted molar refractivity (Wildman–Crippen MR) is 75.5 cm³/mol. The van der Waals surface area contributed by atoms with Gasteiger partial charge in [0.2, 0.25) is 0 Å². The lowest BCUT2D eigenvalue weighted by molar-refractivity contribution is 0.120. The molecule has 2 heterocycles.